The first-order chi connectivity index (χ1) is 8.88. The van der Waals surface area contributed by atoms with Crippen molar-refractivity contribution in [2.75, 3.05) is 13.6 Å². The third-order valence-corrected chi connectivity index (χ3v) is 4.53. The molecule has 7 nitrogen and oxygen atoms in total. The fourth-order valence-corrected chi connectivity index (χ4v) is 3.19. The predicted octanol–water partition coefficient (Wildman–Crippen LogP) is -0.726. The molecule has 1 aliphatic rings. The topological polar surface area (TPSA) is 99.3 Å². The average Bonchev–Trinajstić information content (AvgIpc) is 2.34. The van der Waals surface area contributed by atoms with Crippen molar-refractivity contribution in [3.63, 3.8) is 0 Å². The number of likely N-dealkylation sites (tertiary alicyclic amines) is 1. The number of aromatic amines is 1. The van der Waals surface area contributed by atoms with Crippen LogP contribution in [-0.4, -0.2) is 43.8 Å². The van der Waals surface area contributed by atoms with Gasteiger partial charge in [0.05, 0.1) is 4.90 Å². The van der Waals surface area contributed by atoms with Crippen LogP contribution in [0.4, 0.5) is 0 Å². The van der Waals surface area contributed by atoms with Crippen molar-refractivity contribution in [2.45, 2.75) is 23.8 Å². The number of pyridine rings is 1. The van der Waals surface area contributed by atoms with Gasteiger partial charge in [-0.3, -0.25) is 9.59 Å². The lowest BCUT2D eigenvalue weighted by Gasteiger charge is -2.29. The number of rotatable bonds is 3. The van der Waals surface area contributed by atoms with Gasteiger partial charge in [0.25, 0.3) is 0 Å². The second-order valence-corrected chi connectivity index (χ2v) is 6.23. The summed E-state index contributed by atoms with van der Waals surface area (Å²) in [4.78, 5) is 26.1. The number of hydrogen-bond donors (Lipinski definition) is 2. The highest BCUT2D eigenvalue weighted by Gasteiger charge is 2.27. The zero-order valence-electron chi connectivity index (χ0n) is 10.4. The Morgan fingerprint density at radius 1 is 1.37 bits per heavy atom. The minimum Gasteiger partial charge on any atom is -0.344 e. The Morgan fingerprint density at radius 2 is 2.11 bits per heavy atom. The maximum Gasteiger partial charge on any atom is 0.247 e. The minimum absolute atomic E-state index is 0.00616. The monoisotopic (exact) mass is 285 g/mol. The first-order valence-corrected chi connectivity index (χ1v) is 7.32. The van der Waals surface area contributed by atoms with Crippen LogP contribution in [0, 0.1) is 0 Å². The summed E-state index contributed by atoms with van der Waals surface area (Å²) in [5.41, 5.74) is -0.359. The fourth-order valence-electron chi connectivity index (χ4n) is 1.96. The van der Waals surface area contributed by atoms with Crippen LogP contribution in [0.3, 0.4) is 0 Å². The Morgan fingerprint density at radius 3 is 2.68 bits per heavy atom. The molecule has 2 heterocycles. The Labute approximate surface area is 110 Å². The van der Waals surface area contributed by atoms with Crippen LogP contribution in [0.2, 0.25) is 0 Å². The molecule has 0 bridgehead atoms. The van der Waals surface area contributed by atoms with Crippen LogP contribution in [-0.2, 0) is 14.8 Å². The Kier molecular flexibility index (Phi) is 3.72. The van der Waals surface area contributed by atoms with Gasteiger partial charge in [0.15, 0.2) is 0 Å². The number of amides is 1. The number of carbonyl (C=O) groups is 1. The number of aromatic nitrogens is 1. The van der Waals surface area contributed by atoms with Crippen LogP contribution >= 0.6 is 0 Å². The van der Waals surface area contributed by atoms with Crippen LogP contribution in [0.15, 0.2) is 28.0 Å². The molecule has 2 N–H and O–H groups in total. The summed E-state index contributed by atoms with van der Waals surface area (Å²) >= 11 is 0. The van der Waals surface area contributed by atoms with E-state index < -0.39 is 10.0 Å². The molecule has 1 amide bonds. The molecule has 8 heteroatoms. The van der Waals surface area contributed by atoms with Gasteiger partial charge in [0.2, 0.25) is 21.5 Å². The van der Waals surface area contributed by atoms with Crippen molar-refractivity contribution in [1.29, 1.82) is 0 Å². The third kappa shape index (κ3) is 3.21. The quantitative estimate of drug-likeness (QED) is 0.765. The lowest BCUT2D eigenvalue weighted by atomic mass is 10.1. The van der Waals surface area contributed by atoms with Crippen LogP contribution in [0.1, 0.15) is 12.8 Å². The number of hydrogen-bond acceptors (Lipinski definition) is 4. The van der Waals surface area contributed by atoms with Gasteiger partial charge in [0.1, 0.15) is 0 Å². The number of sulfonamides is 1. The fraction of sp³-hybridized carbons (Fsp3) is 0.455. The first kappa shape index (κ1) is 13.8. The van der Waals surface area contributed by atoms with Crippen molar-refractivity contribution in [3.8, 4) is 0 Å². The molecule has 0 radical (unpaired) electrons. The van der Waals surface area contributed by atoms with Gasteiger partial charge in [-0.25, -0.2) is 13.1 Å². The molecule has 1 fully saturated rings. The number of piperidine rings is 1. The molecule has 2 rings (SSSR count). The van der Waals surface area contributed by atoms with Gasteiger partial charge in [0, 0.05) is 38.3 Å². The minimum atomic E-state index is -3.68. The molecule has 1 aromatic rings. The van der Waals surface area contributed by atoms with Gasteiger partial charge in [-0.2, -0.15) is 0 Å². The van der Waals surface area contributed by atoms with Gasteiger partial charge < -0.3 is 9.88 Å². The molecule has 1 unspecified atom stereocenters. The van der Waals surface area contributed by atoms with E-state index in [0.29, 0.717) is 19.4 Å². The molecule has 104 valence electrons. The van der Waals surface area contributed by atoms with E-state index in [2.05, 4.69) is 9.71 Å². The highest BCUT2D eigenvalue weighted by Crippen LogP contribution is 2.13. The predicted molar refractivity (Wildman–Crippen MR) is 68.0 cm³/mol. The zero-order chi connectivity index (χ0) is 14.0. The average molecular weight is 285 g/mol. The summed E-state index contributed by atoms with van der Waals surface area (Å²) in [6.07, 6.45) is 1.96. The highest BCUT2D eigenvalue weighted by atomic mass is 32.2. The van der Waals surface area contributed by atoms with Crippen molar-refractivity contribution >= 4 is 15.9 Å². The maximum atomic E-state index is 12.1. The summed E-state index contributed by atoms with van der Waals surface area (Å²) in [6, 6.07) is 2.10. The summed E-state index contributed by atoms with van der Waals surface area (Å²) in [5, 5.41) is 0. The van der Waals surface area contributed by atoms with Gasteiger partial charge in [-0.15, -0.1) is 0 Å². The van der Waals surface area contributed by atoms with Crippen molar-refractivity contribution in [3.05, 3.63) is 28.7 Å². The lowest BCUT2D eigenvalue weighted by molar-refractivity contribution is -0.132. The van der Waals surface area contributed by atoms with Crippen molar-refractivity contribution in [2.24, 2.45) is 0 Å². The molecular formula is C11H15N3O4S. The molecule has 0 saturated carbocycles. The van der Waals surface area contributed by atoms with Gasteiger partial charge >= 0.3 is 0 Å². The van der Waals surface area contributed by atoms with E-state index in [1.54, 1.807) is 7.05 Å². The molecule has 0 spiro atoms. The molecule has 1 atom stereocenters. The van der Waals surface area contributed by atoms with Crippen LogP contribution in [0.25, 0.3) is 0 Å². The Balaban J connectivity index is 2.11. The number of carbonyl (C=O) groups excluding carboxylic acids is 1. The van der Waals surface area contributed by atoms with E-state index in [-0.39, 0.29) is 22.4 Å². The number of nitrogens with zero attached hydrogens (tertiary/aromatic N) is 1. The highest BCUT2D eigenvalue weighted by molar-refractivity contribution is 7.89. The van der Waals surface area contributed by atoms with E-state index in [1.165, 1.54) is 11.0 Å². The molecule has 0 aromatic carbocycles. The Bertz CT molecular complexity index is 617. The normalized spacial score (nSPS) is 20.6. The van der Waals surface area contributed by atoms with E-state index in [1.807, 2.05) is 0 Å². The summed E-state index contributed by atoms with van der Waals surface area (Å²) in [7, 11) is -2.03. The summed E-state index contributed by atoms with van der Waals surface area (Å²) in [6.45, 7) is 0.349. The number of H-pyrrole nitrogens is 1. The van der Waals surface area contributed by atoms with E-state index in [0.717, 1.165) is 12.3 Å². The second kappa shape index (κ2) is 5.14. The second-order valence-electron chi connectivity index (χ2n) is 4.52. The lowest BCUT2D eigenvalue weighted by Crippen LogP contribution is -2.48. The number of likely N-dealkylation sites (N-methyl/N-ethyl adjacent to an activating group) is 1. The van der Waals surface area contributed by atoms with Crippen LogP contribution in [0.5, 0.6) is 0 Å². The largest absolute Gasteiger partial charge is 0.344 e. The molecule has 19 heavy (non-hydrogen) atoms. The smallest absolute Gasteiger partial charge is 0.247 e. The third-order valence-electron chi connectivity index (χ3n) is 3.01. The standard InChI is InChI=1S/C11H15N3O4S/c1-14-7-8(2-5-11(14)16)13-19(17,18)9-3-4-10(15)12-6-9/h3-4,6,8,13H,2,5,7H2,1H3,(H,12,15). The van der Waals surface area contributed by atoms with Crippen molar-refractivity contribution < 1.29 is 13.2 Å². The molecule has 1 saturated heterocycles. The Hall–Kier alpha value is -1.67. The zero-order valence-corrected chi connectivity index (χ0v) is 11.2. The van der Waals surface area contributed by atoms with E-state index >= 15 is 0 Å². The number of nitrogens with one attached hydrogen (secondary N) is 2. The molecule has 1 aliphatic heterocycles. The SMILES string of the molecule is CN1CC(NS(=O)(=O)c2ccc(=O)[nH]c2)CCC1=O. The van der Waals surface area contributed by atoms with Crippen molar-refractivity contribution in [1.82, 2.24) is 14.6 Å². The first-order valence-electron chi connectivity index (χ1n) is 5.83. The molecule has 1 aromatic heterocycles. The molecular weight excluding hydrogens is 270 g/mol. The van der Waals surface area contributed by atoms with E-state index in [4.69, 9.17) is 0 Å². The van der Waals surface area contributed by atoms with Crippen LogP contribution < -0.4 is 10.3 Å². The van der Waals surface area contributed by atoms with E-state index in [9.17, 15) is 18.0 Å². The summed E-state index contributed by atoms with van der Waals surface area (Å²) < 4.78 is 26.7. The van der Waals surface area contributed by atoms with Gasteiger partial charge in [-0.1, -0.05) is 0 Å². The summed E-state index contributed by atoms with van der Waals surface area (Å²) in [5.74, 6) is 0.0134. The molecule has 0 aliphatic carbocycles. The van der Waals surface area contributed by atoms with Gasteiger partial charge in [-0.05, 0) is 12.5 Å². The maximum absolute atomic E-state index is 12.1.